The fraction of sp³-hybridized carbons (Fsp3) is 0.200. The van der Waals surface area contributed by atoms with E-state index in [2.05, 4.69) is 20.4 Å². The molecule has 0 bridgehead atoms. The minimum absolute atomic E-state index is 0.199. The van der Waals surface area contributed by atoms with E-state index in [1.165, 1.54) is 11.3 Å². The minimum Gasteiger partial charge on any atom is -0.341 e. The van der Waals surface area contributed by atoms with Gasteiger partial charge in [-0.1, -0.05) is 16.8 Å². The van der Waals surface area contributed by atoms with Crippen LogP contribution in [-0.2, 0) is 0 Å². The summed E-state index contributed by atoms with van der Waals surface area (Å²) in [5.41, 5.74) is 3.11. The number of benzene rings is 1. The van der Waals surface area contributed by atoms with E-state index in [1.54, 1.807) is 43.6 Å². The molecule has 8 heteroatoms. The zero-order chi connectivity index (χ0) is 16.4. The molecule has 3 rings (SSSR count). The number of aromatic nitrogens is 3. The first-order valence-electron chi connectivity index (χ1n) is 6.85. The van der Waals surface area contributed by atoms with E-state index in [9.17, 15) is 4.79 Å². The van der Waals surface area contributed by atoms with Gasteiger partial charge in [-0.3, -0.25) is 4.79 Å². The van der Waals surface area contributed by atoms with E-state index in [-0.39, 0.29) is 11.9 Å². The summed E-state index contributed by atoms with van der Waals surface area (Å²) in [4.78, 5) is 21.1. The summed E-state index contributed by atoms with van der Waals surface area (Å²) in [5.74, 6) is 0.590. The number of carbonyl (C=O) groups excluding carboxylic acids is 1. The van der Waals surface area contributed by atoms with E-state index in [0.29, 0.717) is 27.3 Å². The number of rotatable bonds is 4. The molecule has 6 nitrogen and oxygen atoms in total. The van der Waals surface area contributed by atoms with Crippen LogP contribution < -0.4 is 5.32 Å². The number of hydrogen-bond donors (Lipinski definition) is 1. The second-order valence-corrected chi connectivity index (χ2v) is 6.22. The number of amides is 1. The van der Waals surface area contributed by atoms with Crippen LogP contribution in [0.2, 0.25) is 5.02 Å². The van der Waals surface area contributed by atoms with Gasteiger partial charge in [0.15, 0.2) is 5.82 Å². The summed E-state index contributed by atoms with van der Waals surface area (Å²) >= 11 is 7.15. The SMILES string of the molecule is Cc1ncsc1C(=O)N[C@@H](C)c1noc(-c2ccc(Cl)cc2)n1. The molecule has 0 aliphatic heterocycles. The van der Waals surface area contributed by atoms with Crippen LogP contribution in [0.25, 0.3) is 11.5 Å². The molecule has 0 spiro atoms. The summed E-state index contributed by atoms with van der Waals surface area (Å²) in [6.07, 6.45) is 0. The fourth-order valence-corrected chi connectivity index (χ4v) is 2.80. The predicted octanol–water partition coefficient (Wildman–Crippen LogP) is 3.65. The van der Waals surface area contributed by atoms with Gasteiger partial charge in [0.1, 0.15) is 4.88 Å². The van der Waals surface area contributed by atoms with Crippen molar-refractivity contribution in [3.63, 3.8) is 0 Å². The molecule has 1 aromatic carbocycles. The Hall–Kier alpha value is -2.25. The zero-order valence-electron chi connectivity index (χ0n) is 12.4. The first-order valence-corrected chi connectivity index (χ1v) is 8.11. The van der Waals surface area contributed by atoms with E-state index in [1.807, 2.05) is 0 Å². The van der Waals surface area contributed by atoms with E-state index in [4.69, 9.17) is 16.1 Å². The number of halogens is 1. The smallest absolute Gasteiger partial charge is 0.263 e. The second kappa shape index (κ2) is 6.47. The van der Waals surface area contributed by atoms with E-state index in [0.717, 1.165) is 5.56 Å². The Balaban J connectivity index is 1.73. The largest absolute Gasteiger partial charge is 0.341 e. The molecule has 0 saturated heterocycles. The Morgan fingerprint density at radius 2 is 2.09 bits per heavy atom. The van der Waals surface area contributed by atoms with Crippen molar-refractivity contribution in [2.24, 2.45) is 0 Å². The lowest BCUT2D eigenvalue weighted by Crippen LogP contribution is -2.27. The van der Waals surface area contributed by atoms with Crippen LogP contribution in [0.15, 0.2) is 34.3 Å². The molecule has 23 heavy (non-hydrogen) atoms. The molecular weight excluding hydrogens is 336 g/mol. The molecule has 3 aromatic rings. The van der Waals surface area contributed by atoms with Crippen molar-refractivity contribution < 1.29 is 9.32 Å². The van der Waals surface area contributed by atoms with Crippen molar-refractivity contribution >= 4 is 28.8 Å². The van der Waals surface area contributed by atoms with E-state index < -0.39 is 0 Å². The van der Waals surface area contributed by atoms with Crippen LogP contribution in [0.4, 0.5) is 0 Å². The zero-order valence-corrected chi connectivity index (χ0v) is 14.0. The van der Waals surface area contributed by atoms with Crippen molar-refractivity contribution in [2.75, 3.05) is 0 Å². The lowest BCUT2D eigenvalue weighted by atomic mass is 10.2. The Bertz CT molecular complexity index is 828. The van der Waals surface area contributed by atoms with Gasteiger partial charge in [0.25, 0.3) is 11.8 Å². The Labute approximate surface area is 141 Å². The average Bonchev–Trinajstić information content (AvgIpc) is 3.17. The van der Waals surface area contributed by atoms with Gasteiger partial charge >= 0.3 is 0 Å². The van der Waals surface area contributed by atoms with Crippen LogP contribution in [-0.4, -0.2) is 21.0 Å². The highest BCUT2D eigenvalue weighted by Gasteiger charge is 2.19. The van der Waals surface area contributed by atoms with Crippen molar-refractivity contribution in [3.05, 3.63) is 51.2 Å². The molecule has 0 radical (unpaired) electrons. The average molecular weight is 349 g/mol. The van der Waals surface area contributed by atoms with Gasteiger partial charge in [-0.05, 0) is 38.1 Å². The normalized spacial score (nSPS) is 12.1. The molecule has 1 N–H and O–H groups in total. The number of nitrogens with zero attached hydrogens (tertiary/aromatic N) is 3. The van der Waals surface area contributed by atoms with Gasteiger partial charge in [0.05, 0.1) is 17.2 Å². The first-order chi connectivity index (χ1) is 11.0. The highest BCUT2D eigenvalue weighted by atomic mass is 35.5. The van der Waals surface area contributed by atoms with Crippen LogP contribution >= 0.6 is 22.9 Å². The molecule has 0 unspecified atom stereocenters. The third-order valence-electron chi connectivity index (χ3n) is 3.22. The Morgan fingerprint density at radius 1 is 1.35 bits per heavy atom. The molecule has 1 atom stereocenters. The number of nitrogens with one attached hydrogen (secondary N) is 1. The van der Waals surface area contributed by atoms with Gasteiger partial charge in [-0.2, -0.15) is 4.98 Å². The summed E-state index contributed by atoms with van der Waals surface area (Å²) in [6, 6.07) is 6.71. The third kappa shape index (κ3) is 3.40. The van der Waals surface area contributed by atoms with Crippen molar-refractivity contribution in [1.82, 2.24) is 20.4 Å². The molecule has 1 amide bonds. The van der Waals surface area contributed by atoms with Crippen LogP contribution in [0.1, 0.15) is 34.2 Å². The number of thiazole rings is 1. The number of aryl methyl sites for hydroxylation is 1. The van der Waals surface area contributed by atoms with Crippen LogP contribution in [0.3, 0.4) is 0 Å². The highest BCUT2D eigenvalue weighted by molar-refractivity contribution is 7.11. The number of carbonyl (C=O) groups is 1. The quantitative estimate of drug-likeness (QED) is 0.778. The molecule has 0 saturated carbocycles. The summed E-state index contributed by atoms with van der Waals surface area (Å²) in [6.45, 7) is 3.59. The number of hydrogen-bond acceptors (Lipinski definition) is 6. The molecule has 118 valence electrons. The van der Waals surface area contributed by atoms with E-state index >= 15 is 0 Å². The molecule has 2 heterocycles. The van der Waals surface area contributed by atoms with Crippen molar-refractivity contribution in [1.29, 1.82) is 0 Å². The molecular formula is C15H13ClN4O2S. The Morgan fingerprint density at radius 3 is 2.74 bits per heavy atom. The molecule has 0 fully saturated rings. The lowest BCUT2D eigenvalue weighted by Gasteiger charge is -2.08. The molecule has 2 aromatic heterocycles. The summed E-state index contributed by atoms with van der Waals surface area (Å²) in [7, 11) is 0. The maximum atomic E-state index is 12.2. The highest BCUT2D eigenvalue weighted by Crippen LogP contribution is 2.21. The summed E-state index contributed by atoms with van der Waals surface area (Å²) in [5, 5.41) is 7.40. The van der Waals surface area contributed by atoms with Crippen molar-refractivity contribution in [2.45, 2.75) is 19.9 Å². The maximum Gasteiger partial charge on any atom is 0.263 e. The van der Waals surface area contributed by atoms with Crippen LogP contribution in [0.5, 0.6) is 0 Å². The summed E-state index contributed by atoms with van der Waals surface area (Å²) < 4.78 is 5.24. The second-order valence-electron chi connectivity index (χ2n) is 4.93. The monoisotopic (exact) mass is 348 g/mol. The first kappa shape index (κ1) is 15.6. The van der Waals surface area contributed by atoms with Crippen LogP contribution in [0, 0.1) is 6.92 Å². The topological polar surface area (TPSA) is 80.9 Å². The van der Waals surface area contributed by atoms with Crippen molar-refractivity contribution in [3.8, 4) is 11.5 Å². The third-order valence-corrected chi connectivity index (χ3v) is 4.40. The minimum atomic E-state index is -0.381. The van der Waals surface area contributed by atoms with Gasteiger partial charge in [-0.25, -0.2) is 4.98 Å². The fourth-order valence-electron chi connectivity index (χ4n) is 1.97. The molecule has 0 aliphatic rings. The standard InChI is InChI=1S/C15H13ClN4O2S/c1-8-12(23-7-17-8)14(21)18-9(2)13-19-15(22-20-13)10-3-5-11(16)6-4-10/h3-7,9H,1-2H3,(H,18,21)/t9-/m0/s1. The predicted molar refractivity (Wildman–Crippen MR) is 87.5 cm³/mol. The van der Waals surface area contributed by atoms with Gasteiger partial charge in [0, 0.05) is 10.6 Å². The molecule has 0 aliphatic carbocycles. The van der Waals surface area contributed by atoms with Gasteiger partial charge in [0.2, 0.25) is 0 Å². The van der Waals surface area contributed by atoms with Gasteiger partial charge in [-0.15, -0.1) is 11.3 Å². The lowest BCUT2D eigenvalue weighted by molar-refractivity contribution is 0.0941. The Kier molecular flexibility index (Phi) is 4.40. The van der Waals surface area contributed by atoms with Gasteiger partial charge < -0.3 is 9.84 Å². The maximum absolute atomic E-state index is 12.2.